The molecule has 2 rings (SSSR count). The third-order valence-electron chi connectivity index (χ3n) is 3.47. The Balaban J connectivity index is 2.33. The maximum Gasteiger partial charge on any atom is 0.232 e. The first-order valence-electron chi connectivity index (χ1n) is 6.50. The Bertz CT molecular complexity index is 543. The van der Waals surface area contributed by atoms with Gasteiger partial charge in [0.25, 0.3) is 0 Å². The van der Waals surface area contributed by atoms with Crippen LogP contribution in [0.2, 0.25) is 0 Å². The van der Waals surface area contributed by atoms with Gasteiger partial charge in [0.1, 0.15) is 5.54 Å². The number of nitrogens with one attached hydrogen (secondary N) is 1. The van der Waals surface area contributed by atoms with Crippen LogP contribution >= 0.6 is 0 Å². The highest BCUT2D eigenvalue weighted by Gasteiger charge is 2.38. The molecule has 0 saturated heterocycles. The SMILES string of the molecule is CNCCc1ccc2c(c1)CC(=O)N2C(C)(C)C#N. The van der Waals surface area contributed by atoms with Gasteiger partial charge in [-0.3, -0.25) is 9.69 Å². The fraction of sp³-hybridized carbons (Fsp3) is 0.467. The molecule has 0 unspecified atom stereocenters. The number of fused-ring (bicyclic) bond motifs is 1. The number of hydrogen-bond acceptors (Lipinski definition) is 3. The summed E-state index contributed by atoms with van der Waals surface area (Å²) in [4.78, 5) is 13.7. The van der Waals surface area contributed by atoms with Crippen molar-refractivity contribution in [1.29, 1.82) is 5.26 Å². The molecule has 19 heavy (non-hydrogen) atoms. The van der Waals surface area contributed by atoms with Gasteiger partial charge < -0.3 is 5.32 Å². The zero-order valence-electron chi connectivity index (χ0n) is 11.7. The average molecular weight is 257 g/mol. The lowest BCUT2D eigenvalue weighted by Crippen LogP contribution is -2.44. The quantitative estimate of drug-likeness (QED) is 0.892. The lowest BCUT2D eigenvalue weighted by molar-refractivity contribution is -0.118. The summed E-state index contributed by atoms with van der Waals surface area (Å²) in [5, 5.41) is 12.3. The van der Waals surface area contributed by atoms with Gasteiger partial charge in [-0.05, 0) is 51.1 Å². The predicted octanol–water partition coefficient (Wildman–Crippen LogP) is 1.64. The largest absolute Gasteiger partial charge is 0.319 e. The number of likely N-dealkylation sites (N-methyl/N-ethyl adjacent to an activating group) is 1. The van der Waals surface area contributed by atoms with E-state index in [1.165, 1.54) is 5.56 Å². The second kappa shape index (κ2) is 5.02. The third-order valence-corrected chi connectivity index (χ3v) is 3.47. The molecular formula is C15H19N3O. The summed E-state index contributed by atoms with van der Waals surface area (Å²) in [5.41, 5.74) is 2.33. The van der Waals surface area contributed by atoms with E-state index in [0.29, 0.717) is 6.42 Å². The molecule has 4 nitrogen and oxygen atoms in total. The number of benzene rings is 1. The molecule has 1 aromatic carbocycles. The van der Waals surface area contributed by atoms with E-state index in [4.69, 9.17) is 0 Å². The van der Waals surface area contributed by atoms with Crippen molar-refractivity contribution in [2.45, 2.75) is 32.2 Å². The molecule has 1 aromatic rings. The molecule has 1 amide bonds. The fourth-order valence-electron chi connectivity index (χ4n) is 2.46. The number of rotatable bonds is 4. The zero-order chi connectivity index (χ0) is 14.0. The van der Waals surface area contributed by atoms with E-state index in [2.05, 4.69) is 17.5 Å². The van der Waals surface area contributed by atoms with Crippen molar-refractivity contribution in [3.63, 3.8) is 0 Å². The molecule has 100 valence electrons. The molecular weight excluding hydrogens is 238 g/mol. The second-order valence-electron chi connectivity index (χ2n) is 5.39. The molecule has 0 radical (unpaired) electrons. The molecule has 0 saturated carbocycles. The lowest BCUT2D eigenvalue weighted by Gasteiger charge is -2.29. The monoisotopic (exact) mass is 257 g/mol. The number of anilines is 1. The standard InChI is InChI=1S/C15H19N3O/c1-15(2,10-16)18-13-5-4-11(6-7-17-3)8-12(13)9-14(18)19/h4-5,8,17H,6-7,9H2,1-3H3. The van der Waals surface area contributed by atoms with Gasteiger partial charge in [-0.2, -0.15) is 5.26 Å². The molecule has 1 heterocycles. The molecule has 1 aliphatic rings. The molecule has 0 aliphatic carbocycles. The molecule has 0 spiro atoms. The molecule has 0 aromatic heterocycles. The fourth-order valence-corrected chi connectivity index (χ4v) is 2.46. The maximum atomic E-state index is 12.1. The number of carbonyl (C=O) groups excluding carboxylic acids is 1. The van der Waals surface area contributed by atoms with Gasteiger partial charge in [0.05, 0.1) is 12.5 Å². The van der Waals surface area contributed by atoms with Crippen LogP contribution in [0, 0.1) is 11.3 Å². The van der Waals surface area contributed by atoms with Gasteiger partial charge >= 0.3 is 0 Å². The van der Waals surface area contributed by atoms with Crippen LogP contribution in [0.5, 0.6) is 0 Å². The van der Waals surface area contributed by atoms with Crippen LogP contribution in [0.3, 0.4) is 0 Å². The summed E-state index contributed by atoms with van der Waals surface area (Å²) in [6, 6.07) is 8.28. The summed E-state index contributed by atoms with van der Waals surface area (Å²) in [7, 11) is 1.92. The molecule has 0 atom stereocenters. The van der Waals surface area contributed by atoms with E-state index in [1.54, 1.807) is 18.7 Å². The van der Waals surface area contributed by atoms with Crippen LogP contribution in [0.15, 0.2) is 18.2 Å². The Morgan fingerprint density at radius 1 is 1.47 bits per heavy atom. The minimum atomic E-state index is -0.797. The molecule has 4 heteroatoms. The number of carbonyl (C=O) groups is 1. The number of nitrogens with zero attached hydrogens (tertiary/aromatic N) is 2. The predicted molar refractivity (Wildman–Crippen MR) is 75.0 cm³/mol. The minimum Gasteiger partial charge on any atom is -0.319 e. The van der Waals surface area contributed by atoms with E-state index in [-0.39, 0.29) is 5.91 Å². The molecule has 1 N–H and O–H groups in total. The van der Waals surface area contributed by atoms with E-state index in [9.17, 15) is 10.1 Å². The van der Waals surface area contributed by atoms with Crippen molar-refractivity contribution < 1.29 is 4.79 Å². The Hall–Kier alpha value is -1.86. The Labute approximate surface area is 114 Å². The highest BCUT2D eigenvalue weighted by Crippen LogP contribution is 2.34. The van der Waals surface area contributed by atoms with E-state index in [0.717, 1.165) is 24.2 Å². The van der Waals surface area contributed by atoms with Crippen LogP contribution in [0.25, 0.3) is 0 Å². The van der Waals surface area contributed by atoms with Crippen LogP contribution < -0.4 is 10.2 Å². The summed E-state index contributed by atoms with van der Waals surface area (Å²) in [6.45, 7) is 4.46. The van der Waals surface area contributed by atoms with E-state index in [1.807, 2.05) is 19.2 Å². The number of amides is 1. The van der Waals surface area contributed by atoms with Crippen molar-refractivity contribution in [2.75, 3.05) is 18.5 Å². The van der Waals surface area contributed by atoms with Gasteiger partial charge in [0, 0.05) is 5.69 Å². The lowest BCUT2D eigenvalue weighted by atomic mass is 10.0. The van der Waals surface area contributed by atoms with Crippen LogP contribution in [-0.2, 0) is 17.6 Å². The third kappa shape index (κ3) is 2.47. The molecule has 1 aliphatic heterocycles. The number of nitriles is 1. The van der Waals surface area contributed by atoms with Crippen LogP contribution in [-0.4, -0.2) is 25.0 Å². The Kier molecular flexibility index (Phi) is 3.59. The minimum absolute atomic E-state index is 0.00677. The second-order valence-corrected chi connectivity index (χ2v) is 5.39. The topological polar surface area (TPSA) is 56.1 Å². The van der Waals surface area contributed by atoms with Crippen molar-refractivity contribution >= 4 is 11.6 Å². The highest BCUT2D eigenvalue weighted by atomic mass is 16.2. The Morgan fingerprint density at radius 3 is 2.84 bits per heavy atom. The first-order valence-corrected chi connectivity index (χ1v) is 6.50. The number of hydrogen-bond donors (Lipinski definition) is 1. The first kappa shape index (κ1) is 13.6. The summed E-state index contributed by atoms with van der Waals surface area (Å²) >= 11 is 0. The smallest absolute Gasteiger partial charge is 0.232 e. The summed E-state index contributed by atoms with van der Waals surface area (Å²) < 4.78 is 0. The highest BCUT2D eigenvalue weighted by molar-refractivity contribution is 6.03. The van der Waals surface area contributed by atoms with Gasteiger partial charge in [0.2, 0.25) is 5.91 Å². The van der Waals surface area contributed by atoms with Gasteiger partial charge in [-0.1, -0.05) is 12.1 Å². The molecule has 0 bridgehead atoms. The Morgan fingerprint density at radius 2 is 2.21 bits per heavy atom. The van der Waals surface area contributed by atoms with Crippen molar-refractivity contribution in [3.8, 4) is 6.07 Å². The van der Waals surface area contributed by atoms with Crippen molar-refractivity contribution in [3.05, 3.63) is 29.3 Å². The van der Waals surface area contributed by atoms with Crippen LogP contribution in [0.1, 0.15) is 25.0 Å². The van der Waals surface area contributed by atoms with Gasteiger partial charge in [-0.15, -0.1) is 0 Å². The molecule has 0 fully saturated rings. The van der Waals surface area contributed by atoms with Crippen molar-refractivity contribution in [2.24, 2.45) is 0 Å². The van der Waals surface area contributed by atoms with Gasteiger partial charge in [-0.25, -0.2) is 0 Å². The summed E-state index contributed by atoms with van der Waals surface area (Å²) in [5.74, 6) is 0.00677. The van der Waals surface area contributed by atoms with Crippen LogP contribution in [0.4, 0.5) is 5.69 Å². The normalized spacial score (nSPS) is 14.4. The summed E-state index contributed by atoms with van der Waals surface area (Å²) in [6.07, 6.45) is 1.34. The van der Waals surface area contributed by atoms with Crippen molar-refractivity contribution in [1.82, 2.24) is 5.32 Å². The van der Waals surface area contributed by atoms with Gasteiger partial charge in [0.15, 0.2) is 0 Å². The zero-order valence-corrected chi connectivity index (χ0v) is 11.7. The average Bonchev–Trinajstić information content (AvgIpc) is 2.72. The first-order chi connectivity index (χ1) is 8.99. The van der Waals surface area contributed by atoms with E-state index >= 15 is 0 Å². The van der Waals surface area contributed by atoms with E-state index < -0.39 is 5.54 Å². The maximum absolute atomic E-state index is 12.1.